The normalized spacial score (nSPS) is 11.1. The molecular formula is C10H16N2S2. The van der Waals surface area contributed by atoms with Crippen LogP contribution in [0, 0.1) is 9.02 Å². The number of anilines is 1. The Morgan fingerprint density at radius 1 is 1.29 bits per heavy atom. The van der Waals surface area contributed by atoms with Crippen LogP contribution in [0.4, 0.5) is 5.69 Å². The molecule has 0 aliphatic heterocycles. The van der Waals surface area contributed by atoms with E-state index >= 15 is 0 Å². The monoisotopic (exact) mass is 228 g/mol. The lowest BCUT2D eigenvalue weighted by Gasteiger charge is -2.11. The second-order valence-corrected chi connectivity index (χ2v) is 4.54. The van der Waals surface area contributed by atoms with Gasteiger partial charge in [-0.25, -0.2) is 0 Å². The first-order valence-electron chi connectivity index (χ1n) is 4.80. The van der Waals surface area contributed by atoms with E-state index in [-0.39, 0.29) is 0 Å². The maximum Gasteiger partial charge on any atom is 0.0790 e. The molecule has 0 fully saturated rings. The first-order chi connectivity index (χ1) is 6.61. The van der Waals surface area contributed by atoms with Gasteiger partial charge in [0.1, 0.15) is 0 Å². The summed E-state index contributed by atoms with van der Waals surface area (Å²) in [7, 11) is 4.19. The van der Waals surface area contributed by atoms with Crippen LogP contribution < -0.4 is 5.32 Å². The molecule has 0 unspecified atom stereocenters. The summed E-state index contributed by atoms with van der Waals surface area (Å²) < 4.78 is 1.64. The minimum Gasteiger partial charge on any atom is -0.384 e. The van der Waals surface area contributed by atoms with Gasteiger partial charge in [0.2, 0.25) is 0 Å². The van der Waals surface area contributed by atoms with Crippen molar-refractivity contribution >= 4 is 30.1 Å². The first-order valence-corrected chi connectivity index (χ1v) is 5.62. The minimum atomic E-state index is 0.816. The summed E-state index contributed by atoms with van der Waals surface area (Å²) in [6.07, 6.45) is 2.38. The van der Waals surface area contributed by atoms with Crippen LogP contribution in [0.15, 0.2) is 6.07 Å². The fraction of sp³-hybridized carbons (Fsp3) is 0.600. The van der Waals surface area contributed by atoms with Gasteiger partial charge in [0.05, 0.1) is 14.7 Å². The summed E-state index contributed by atoms with van der Waals surface area (Å²) in [6, 6.07) is 1.93. The highest BCUT2D eigenvalue weighted by atomic mass is 32.1. The van der Waals surface area contributed by atoms with Crippen molar-refractivity contribution in [1.29, 1.82) is 0 Å². The van der Waals surface area contributed by atoms with Gasteiger partial charge in [0.15, 0.2) is 0 Å². The lowest BCUT2D eigenvalue weighted by Crippen LogP contribution is -2.14. The van der Waals surface area contributed by atoms with E-state index in [0.29, 0.717) is 0 Å². The molecule has 0 saturated heterocycles. The van der Waals surface area contributed by atoms with Gasteiger partial charge in [-0.2, -0.15) is 0 Å². The average Bonchev–Trinajstić information content (AvgIpc) is 2.15. The molecule has 1 N–H and O–H groups in total. The van der Waals surface area contributed by atoms with E-state index < -0.39 is 0 Å². The molecule has 0 bridgehead atoms. The first kappa shape index (κ1) is 11.8. The molecule has 14 heavy (non-hydrogen) atoms. The van der Waals surface area contributed by atoms with Crippen molar-refractivity contribution < 1.29 is 0 Å². The molecule has 0 aliphatic carbocycles. The Morgan fingerprint density at radius 3 is 2.50 bits per heavy atom. The van der Waals surface area contributed by atoms with Crippen LogP contribution in [-0.4, -0.2) is 32.1 Å². The van der Waals surface area contributed by atoms with Crippen molar-refractivity contribution in [3.05, 3.63) is 15.1 Å². The summed E-state index contributed by atoms with van der Waals surface area (Å²) in [5.41, 5.74) is 1.05. The molecule has 0 aliphatic rings. The van der Waals surface area contributed by atoms with E-state index in [9.17, 15) is 0 Å². The number of nitrogens with zero attached hydrogens (tertiary/aromatic N) is 1. The molecule has 0 radical (unpaired) electrons. The molecule has 4 heteroatoms. The van der Waals surface area contributed by atoms with Gasteiger partial charge in [-0.15, -0.1) is 0 Å². The molecule has 0 saturated carbocycles. The molecule has 0 spiro atoms. The molecule has 0 amide bonds. The van der Waals surface area contributed by atoms with Crippen LogP contribution in [0.5, 0.6) is 0 Å². The average molecular weight is 228 g/mol. The quantitative estimate of drug-likeness (QED) is 0.594. The van der Waals surface area contributed by atoms with Gasteiger partial charge < -0.3 is 10.2 Å². The van der Waals surface area contributed by atoms with Gasteiger partial charge >= 0.3 is 0 Å². The fourth-order valence-electron chi connectivity index (χ4n) is 1.22. The topological polar surface area (TPSA) is 15.3 Å². The third kappa shape index (κ3) is 3.44. The number of hydrogen-bond donors (Lipinski definition) is 1. The largest absolute Gasteiger partial charge is 0.384 e. The SMILES string of the molecule is CN(C)CCCCNc1cc(=S)c1=S. The van der Waals surface area contributed by atoms with E-state index in [1.54, 1.807) is 0 Å². The summed E-state index contributed by atoms with van der Waals surface area (Å²) >= 11 is 10.0. The van der Waals surface area contributed by atoms with Crippen molar-refractivity contribution in [3.8, 4) is 0 Å². The van der Waals surface area contributed by atoms with Crippen molar-refractivity contribution in [1.82, 2.24) is 4.90 Å². The highest BCUT2D eigenvalue weighted by Gasteiger charge is 2.00. The Labute approximate surface area is 95.6 Å². The summed E-state index contributed by atoms with van der Waals surface area (Å²) in [5, 5.41) is 3.29. The molecule has 0 atom stereocenters. The zero-order valence-corrected chi connectivity index (χ0v) is 10.3. The highest BCUT2D eigenvalue weighted by molar-refractivity contribution is 7.74. The maximum atomic E-state index is 5.07. The highest BCUT2D eigenvalue weighted by Crippen LogP contribution is 2.16. The van der Waals surface area contributed by atoms with E-state index in [2.05, 4.69) is 24.3 Å². The fourth-order valence-corrected chi connectivity index (χ4v) is 1.64. The Kier molecular flexibility index (Phi) is 4.65. The van der Waals surface area contributed by atoms with Gasteiger partial charge in [-0.1, -0.05) is 24.4 Å². The van der Waals surface area contributed by atoms with Crippen LogP contribution in [0.25, 0.3) is 0 Å². The zero-order valence-electron chi connectivity index (χ0n) is 8.67. The minimum absolute atomic E-state index is 0.816. The van der Waals surface area contributed by atoms with Crippen LogP contribution in [0.3, 0.4) is 0 Å². The van der Waals surface area contributed by atoms with E-state index in [4.69, 9.17) is 24.4 Å². The van der Waals surface area contributed by atoms with E-state index in [1.165, 1.54) is 12.8 Å². The molecule has 1 rings (SSSR count). The third-order valence-corrected chi connectivity index (χ3v) is 2.98. The Balaban J connectivity index is 2.09. The molecule has 1 aromatic carbocycles. The van der Waals surface area contributed by atoms with Crippen molar-refractivity contribution in [2.75, 3.05) is 32.5 Å². The van der Waals surface area contributed by atoms with Crippen molar-refractivity contribution in [2.45, 2.75) is 12.8 Å². The summed E-state index contributed by atoms with van der Waals surface area (Å²) in [4.78, 5) is 2.20. The summed E-state index contributed by atoms with van der Waals surface area (Å²) in [5.74, 6) is 0. The Hall–Kier alpha value is -0.320. The van der Waals surface area contributed by atoms with Gasteiger partial charge in [-0.05, 0) is 39.5 Å². The Morgan fingerprint density at radius 2 is 2.00 bits per heavy atom. The van der Waals surface area contributed by atoms with Gasteiger partial charge in [0, 0.05) is 6.54 Å². The summed E-state index contributed by atoms with van der Waals surface area (Å²) in [6.45, 7) is 2.13. The second-order valence-electron chi connectivity index (χ2n) is 3.69. The standard InChI is InChI=1S/C10H16N2S2/c1-12(2)6-4-3-5-11-8-7-9(13)10(8)14/h7,11H,3-6H2,1-2H3. The van der Waals surface area contributed by atoms with Crippen molar-refractivity contribution in [2.24, 2.45) is 0 Å². The van der Waals surface area contributed by atoms with Gasteiger partial charge in [-0.3, -0.25) is 0 Å². The predicted molar refractivity (Wildman–Crippen MR) is 66.8 cm³/mol. The smallest absolute Gasteiger partial charge is 0.0790 e. The van der Waals surface area contributed by atoms with Crippen LogP contribution in [-0.2, 0) is 0 Å². The third-order valence-electron chi connectivity index (χ3n) is 2.09. The zero-order chi connectivity index (χ0) is 10.6. The number of rotatable bonds is 6. The lowest BCUT2D eigenvalue weighted by molar-refractivity contribution is 0.396. The van der Waals surface area contributed by atoms with E-state index in [1.807, 2.05) is 6.07 Å². The molecule has 1 aromatic rings. The number of nitrogens with one attached hydrogen (secondary N) is 1. The number of unbranched alkanes of at least 4 members (excludes halogenated alkanes) is 1. The molecule has 0 heterocycles. The molecule has 2 nitrogen and oxygen atoms in total. The lowest BCUT2D eigenvalue weighted by atomic mass is 10.2. The van der Waals surface area contributed by atoms with Gasteiger partial charge in [0.25, 0.3) is 0 Å². The van der Waals surface area contributed by atoms with E-state index in [0.717, 1.165) is 27.8 Å². The van der Waals surface area contributed by atoms with Crippen LogP contribution in [0.1, 0.15) is 12.8 Å². The van der Waals surface area contributed by atoms with Crippen LogP contribution in [0.2, 0.25) is 0 Å². The number of hydrogen-bond acceptors (Lipinski definition) is 4. The second kappa shape index (κ2) is 5.53. The predicted octanol–water partition coefficient (Wildman–Crippen LogP) is 2.77. The Bertz CT molecular complexity index is 351. The molecular weight excluding hydrogens is 212 g/mol. The molecule has 0 aromatic heterocycles. The molecule has 78 valence electrons. The van der Waals surface area contributed by atoms with Crippen LogP contribution >= 0.6 is 24.4 Å². The maximum absolute atomic E-state index is 5.07. The van der Waals surface area contributed by atoms with Crippen molar-refractivity contribution in [3.63, 3.8) is 0 Å².